The number of pyridine rings is 1. The number of carbonyl (C=O) groups is 11. The highest BCUT2D eigenvalue weighted by Gasteiger charge is 2.41. The molecule has 0 spiro atoms. The van der Waals surface area contributed by atoms with Gasteiger partial charge < -0.3 is 74.2 Å². The van der Waals surface area contributed by atoms with Crippen molar-refractivity contribution in [3.8, 4) is 0 Å². The van der Waals surface area contributed by atoms with E-state index in [1.54, 1.807) is 50.2 Å². The number of nitrogens with one attached hydrogen (secondary N) is 11. The molecule has 548 valence electrons. The van der Waals surface area contributed by atoms with E-state index in [0.717, 1.165) is 16.3 Å². The molecule has 27 heteroatoms. The second-order valence-electron chi connectivity index (χ2n) is 27.1. The van der Waals surface area contributed by atoms with E-state index in [2.05, 4.69) is 63.5 Å². The van der Waals surface area contributed by atoms with Gasteiger partial charge in [0.2, 0.25) is 65.0 Å². The van der Waals surface area contributed by atoms with Crippen molar-refractivity contribution in [2.75, 3.05) is 26.2 Å². The van der Waals surface area contributed by atoms with E-state index in [9.17, 15) is 57.8 Å². The fourth-order valence-corrected chi connectivity index (χ4v) is 11.8. The molecule has 2 heterocycles. The molecule has 1 saturated heterocycles. The van der Waals surface area contributed by atoms with Gasteiger partial charge in [0.15, 0.2) is 0 Å². The molecule has 26 nitrogen and oxygen atoms in total. The van der Waals surface area contributed by atoms with Gasteiger partial charge in [0.25, 0.3) is 0 Å². The van der Waals surface area contributed by atoms with Crippen molar-refractivity contribution in [2.24, 2.45) is 17.6 Å². The number of unbranched alkanes of at least 4 members (excludes halogenated alkanes) is 2. The molecule has 0 radical (unpaired) electrons. The van der Waals surface area contributed by atoms with E-state index in [-0.39, 0.29) is 63.1 Å². The average Bonchev–Trinajstić information content (AvgIpc) is 1.47. The molecule has 1 aliphatic rings. The lowest BCUT2D eigenvalue weighted by atomic mass is 9.96. The van der Waals surface area contributed by atoms with E-state index in [0.29, 0.717) is 74.2 Å². The van der Waals surface area contributed by atoms with Gasteiger partial charge in [-0.05, 0) is 135 Å². The molecule has 0 saturated carbocycles. The third-order valence-corrected chi connectivity index (χ3v) is 17.7. The number of hydrogen-bond acceptors (Lipinski definition) is 15. The molecule has 100 heavy (non-hydrogen) atoms. The number of aromatic nitrogens is 1. The molecule has 1 fully saturated rings. The number of fused-ring (bicyclic) bond motifs is 1. The Kier molecular flexibility index (Phi) is 34.4. The zero-order chi connectivity index (χ0) is 73.6. The van der Waals surface area contributed by atoms with Crippen LogP contribution in [0.15, 0.2) is 91.3 Å². The summed E-state index contributed by atoms with van der Waals surface area (Å²) in [7, 11) is 0. The first-order valence-corrected chi connectivity index (χ1v) is 35.4. The van der Waals surface area contributed by atoms with Crippen LogP contribution in [0, 0.1) is 11.8 Å². The van der Waals surface area contributed by atoms with Crippen LogP contribution in [0.3, 0.4) is 0 Å². The first-order chi connectivity index (χ1) is 47.6. The highest BCUT2D eigenvalue weighted by atomic mass is 35.5. The highest BCUT2D eigenvalue weighted by Crippen LogP contribution is 2.22. The van der Waals surface area contributed by atoms with Crippen LogP contribution in [0.1, 0.15) is 150 Å². The lowest BCUT2D eigenvalue weighted by Crippen LogP contribution is -2.62. The number of halogens is 1. The summed E-state index contributed by atoms with van der Waals surface area (Å²) in [6, 6.07) is 11.0. The van der Waals surface area contributed by atoms with Crippen molar-refractivity contribution >= 4 is 87.4 Å². The summed E-state index contributed by atoms with van der Waals surface area (Å²) < 4.78 is 0. The van der Waals surface area contributed by atoms with Crippen molar-refractivity contribution < 1.29 is 57.8 Å². The minimum Gasteiger partial charge on any atom is -0.394 e. The maximum atomic E-state index is 14.8. The first-order valence-electron chi connectivity index (χ1n) is 35.1. The van der Waals surface area contributed by atoms with Crippen molar-refractivity contribution in [2.45, 2.75) is 225 Å². The van der Waals surface area contributed by atoms with Gasteiger partial charge in [-0.3, -0.25) is 57.7 Å². The number of hydrogen-bond donors (Lipinski definition) is 13. The largest absolute Gasteiger partial charge is 0.394 e. The lowest BCUT2D eigenvalue weighted by molar-refractivity contribution is -0.142. The molecule has 11 atom stereocenters. The lowest BCUT2D eigenvalue weighted by Gasteiger charge is -2.31. The molecule has 11 unspecified atom stereocenters. The molecule has 11 amide bonds. The number of amides is 11. The Labute approximate surface area is 592 Å². The molecule has 1 aliphatic heterocycles. The fraction of sp³-hybridized carbons (Fsp3) is 0.562. The van der Waals surface area contributed by atoms with Crippen LogP contribution in [0.2, 0.25) is 5.02 Å². The number of nitrogens with two attached hydrogens (primary N) is 1. The summed E-state index contributed by atoms with van der Waals surface area (Å²) >= 11 is 6.24. The second kappa shape index (κ2) is 41.9. The molecular weight excluding hydrogens is 1300 g/mol. The second-order valence-corrected chi connectivity index (χ2v) is 27.6. The number of likely N-dealkylation sites (tertiary alicyclic amines) is 1. The summed E-state index contributed by atoms with van der Waals surface area (Å²) in [4.78, 5) is 161. The molecule has 1 aromatic heterocycles. The van der Waals surface area contributed by atoms with Crippen molar-refractivity contribution in [3.63, 3.8) is 0 Å². The number of aliphatic hydroxyl groups is 1. The highest BCUT2D eigenvalue weighted by molar-refractivity contribution is 6.30. The van der Waals surface area contributed by atoms with Crippen LogP contribution < -0.4 is 64.2 Å². The standard InChI is InChI=1S/C73H107ClN14O12/c1-11-46(8)63(72(99)81-55(23-14-16-33-77-44(4)5)65(92)83-57(36-43(2)3)66(93)82-56(24-15-17-34-78-45(6)7)73(100)88-35-19-25-62(88)71(98)79-47(9)64(75)91)87-70(97)61(42-89)86-69(96)60(40-51-20-18-32-76-41-51)85-68(95)59(38-49-27-30-54(74)31-28-49)84-67(94)58(80-48(10)90)39-50-26-29-52-21-12-13-22-53(52)37-50/h12-13,18,20-22,26-32,37,41,43-47,55-63,77-78,89H,11,14-17,19,23-25,33-36,38-40,42H2,1-10H3,(H2,75,91)(H,79,98)(H,80,90)(H,81,99)(H,82,93)(H,83,92)(H,84,94)(H,85,95)(H,86,96)(H,87,97). The Morgan fingerprint density at radius 1 is 0.560 bits per heavy atom. The molecule has 5 rings (SSSR count). The molecule has 0 bridgehead atoms. The number of primary amides is 1. The van der Waals surface area contributed by atoms with E-state index < -0.39 is 138 Å². The Balaban J connectivity index is 1.38. The molecule has 14 N–H and O–H groups in total. The Bertz CT molecular complexity index is 3360. The zero-order valence-corrected chi connectivity index (χ0v) is 60.3. The number of rotatable bonds is 42. The normalized spacial score (nSPS) is 15.9. The maximum Gasteiger partial charge on any atom is 0.245 e. The summed E-state index contributed by atoms with van der Waals surface area (Å²) in [5, 5.41) is 44.6. The van der Waals surface area contributed by atoms with Gasteiger partial charge in [-0.25, -0.2) is 0 Å². The smallest absolute Gasteiger partial charge is 0.245 e. The average molecular weight is 1410 g/mol. The van der Waals surface area contributed by atoms with Gasteiger partial charge in [-0.1, -0.05) is 134 Å². The summed E-state index contributed by atoms with van der Waals surface area (Å²) in [6.07, 6.45) is 6.53. The quantitative estimate of drug-likeness (QED) is 0.0283. The molecule has 0 aliphatic carbocycles. The van der Waals surface area contributed by atoms with Crippen LogP contribution in [-0.4, -0.2) is 179 Å². The van der Waals surface area contributed by atoms with Gasteiger partial charge in [-0.15, -0.1) is 0 Å². The third-order valence-electron chi connectivity index (χ3n) is 17.5. The van der Waals surface area contributed by atoms with E-state index in [1.165, 1.54) is 31.1 Å². The monoisotopic (exact) mass is 1410 g/mol. The van der Waals surface area contributed by atoms with E-state index >= 15 is 0 Å². The minimum absolute atomic E-state index is 0.0614. The SMILES string of the molecule is CCC(C)C(NC(=O)C(CO)NC(=O)C(Cc1cccnc1)NC(=O)C(Cc1ccc(Cl)cc1)NC(=O)C(Cc1ccc2ccccc2c1)NC(C)=O)C(=O)NC(CCCCNC(C)C)C(=O)NC(CC(C)C)C(=O)NC(CCCCNC(C)C)C(=O)N1CCCC1C(=O)NC(C)C(N)=O. The molecular formula is C73H107ClN14O12. The first kappa shape index (κ1) is 82.1. The topological polar surface area (TPSA) is 382 Å². The van der Waals surface area contributed by atoms with Crippen LogP contribution >= 0.6 is 11.6 Å². The summed E-state index contributed by atoms with van der Waals surface area (Å²) in [5.74, 6) is -8.65. The van der Waals surface area contributed by atoms with Gasteiger partial charge >= 0.3 is 0 Å². The number of nitrogens with zero attached hydrogens (tertiary/aromatic N) is 2. The molecule has 4 aromatic rings. The van der Waals surface area contributed by atoms with Crippen molar-refractivity contribution in [1.29, 1.82) is 0 Å². The van der Waals surface area contributed by atoms with E-state index in [4.69, 9.17) is 17.3 Å². The van der Waals surface area contributed by atoms with Crippen LogP contribution in [0.4, 0.5) is 0 Å². The van der Waals surface area contributed by atoms with Crippen LogP contribution in [0.25, 0.3) is 10.8 Å². The summed E-state index contributed by atoms with van der Waals surface area (Å²) in [5.41, 5.74) is 7.24. The number of aliphatic hydroxyl groups excluding tert-OH is 1. The zero-order valence-electron chi connectivity index (χ0n) is 59.6. The predicted molar refractivity (Wildman–Crippen MR) is 383 cm³/mol. The van der Waals surface area contributed by atoms with Gasteiger partial charge in [0.1, 0.15) is 60.4 Å². The van der Waals surface area contributed by atoms with Gasteiger partial charge in [-0.2, -0.15) is 0 Å². The minimum atomic E-state index is -1.72. The summed E-state index contributed by atoms with van der Waals surface area (Å²) in [6.45, 7) is 18.4. The van der Waals surface area contributed by atoms with Crippen LogP contribution in [-0.2, 0) is 72.0 Å². The number of benzene rings is 3. The predicted octanol–water partition coefficient (Wildman–Crippen LogP) is 3.22. The Hall–Kier alpha value is -8.59. The van der Waals surface area contributed by atoms with E-state index in [1.807, 2.05) is 84.0 Å². The van der Waals surface area contributed by atoms with Crippen LogP contribution in [0.5, 0.6) is 0 Å². The maximum absolute atomic E-state index is 14.8. The van der Waals surface area contributed by atoms with Crippen molar-refractivity contribution in [1.82, 2.24) is 68.4 Å². The Morgan fingerprint density at radius 2 is 1.07 bits per heavy atom. The molecule has 3 aromatic carbocycles. The Morgan fingerprint density at radius 3 is 1.63 bits per heavy atom. The van der Waals surface area contributed by atoms with Gasteiger partial charge in [0.05, 0.1) is 6.61 Å². The fourth-order valence-electron chi connectivity index (χ4n) is 11.7. The number of carbonyl (C=O) groups excluding carboxylic acids is 11. The van der Waals surface area contributed by atoms with Crippen molar-refractivity contribution in [3.05, 3.63) is 113 Å². The third kappa shape index (κ3) is 27.5. The van der Waals surface area contributed by atoms with Gasteiger partial charge in [0, 0.05) is 62.2 Å².